The molecule has 1 aromatic rings. The summed E-state index contributed by atoms with van der Waals surface area (Å²) in [6, 6.07) is 6.03. The Kier molecular flexibility index (Phi) is 7.96. The molecule has 78 valence electrons. The highest BCUT2D eigenvalue weighted by molar-refractivity contribution is 8.77. The summed E-state index contributed by atoms with van der Waals surface area (Å²) < 4.78 is 0. The van der Waals surface area contributed by atoms with Gasteiger partial charge in [-0.1, -0.05) is 38.4 Å². The Morgan fingerprint density at radius 1 is 1.21 bits per heavy atom. The van der Waals surface area contributed by atoms with E-state index in [0.717, 1.165) is 5.03 Å². The van der Waals surface area contributed by atoms with Gasteiger partial charge in [-0.05, 0) is 35.6 Å². The third kappa shape index (κ3) is 6.11. The van der Waals surface area contributed by atoms with E-state index >= 15 is 0 Å². The molecule has 1 heterocycles. The standard InChI is InChI=1S/C9H13NS4/c1-11-12-7-4-8-13-14-9-5-2-3-6-10-9/h2-3,5-6H,4,7-8H2,1H3. The second-order valence-corrected chi connectivity index (χ2v) is 7.54. The van der Waals surface area contributed by atoms with Crippen LogP contribution in [0.3, 0.4) is 0 Å². The number of rotatable bonds is 7. The molecular weight excluding hydrogens is 250 g/mol. The summed E-state index contributed by atoms with van der Waals surface area (Å²) in [5.41, 5.74) is 0. The number of hydrogen-bond acceptors (Lipinski definition) is 5. The first-order chi connectivity index (χ1) is 6.93. The van der Waals surface area contributed by atoms with Gasteiger partial charge in [0.05, 0.1) is 0 Å². The second kappa shape index (κ2) is 8.83. The highest BCUT2D eigenvalue weighted by atomic mass is 33.1. The lowest BCUT2D eigenvalue weighted by atomic mass is 10.5. The van der Waals surface area contributed by atoms with Crippen LogP contribution in [0.4, 0.5) is 0 Å². The third-order valence-electron chi connectivity index (χ3n) is 1.36. The first kappa shape index (κ1) is 12.6. The SMILES string of the molecule is CSSCCCSSc1ccccn1. The van der Waals surface area contributed by atoms with E-state index < -0.39 is 0 Å². The maximum atomic E-state index is 4.25. The number of hydrogen-bond donors (Lipinski definition) is 0. The van der Waals surface area contributed by atoms with Gasteiger partial charge in [0, 0.05) is 17.7 Å². The Hall–Kier alpha value is 0.550. The van der Waals surface area contributed by atoms with Crippen LogP contribution >= 0.6 is 43.2 Å². The molecule has 14 heavy (non-hydrogen) atoms. The van der Waals surface area contributed by atoms with E-state index in [4.69, 9.17) is 0 Å². The average molecular weight is 263 g/mol. The summed E-state index contributed by atoms with van der Waals surface area (Å²) in [5, 5.41) is 1.11. The van der Waals surface area contributed by atoms with Crippen molar-refractivity contribution in [2.45, 2.75) is 11.4 Å². The summed E-state index contributed by atoms with van der Waals surface area (Å²) in [5.74, 6) is 2.45. The van der Waals surface area contributed by atoms with Crippen molar-refractivity contribution in [2.75, 3.05) is 17.8 Å². The van der Waals surface area contributed by atoms with Crippen LogP contribution in [0.1, 0.15) is 6.42 Å². The van der Waals surface area contributed by atoms with Gasteiger partial charge in [0.1, 0.15) is 5.03 Å². The molecule has 0 saturated carbocycles. The lowest BCUT2D eigenvalue weighted by molar-refractivity contribution is 1.13. The molecule has 0 atom stereocenters. The first-order valence-electron chi connectivity index (χ1n) is 4.29. The van der Waals surface area contributed by atoms with Crippen molar-refractivity contribution in [1.29, 1.82) is 0 Å². The maximum absolute atomic E-state index is 4.25. The molecule has 1 aromatic heterocycles. The van der Waals surface area contributed by atoms with Crippen molar-refractivity contribution in [2.24, 2.45) is 0 Å². The van der Waals surface area contributed by atoms with Gasteiger partial charge >= 0.3 is 0 Å². The van der Waals surface area contributed by atoms with E-state index in [0.29, 0.717) is 0 Å². The van der Waals surface area contributed by atoms with Crippen LogP contribution in [-0.2, 0) is 0 Å². The third-order valence-corrected chi connectivity index (χ3v) is 5.60. The quantitative estimate of drug-likeness (QED) is 0.538. The Bertz CT molecular complexity index is 230. The maximum Gasteiger partial charge on any atom is 0.106 e. The normalized spacial score (nSPS) is 10.4. The summed E-state index contributed by atoms with van der Waals surface area (Å²) >= 11 is 0. The highest BCUT2D eigenvalue weighted by Gasteiger charge is 1.94. The van der Waals surface area contributed by atoms with Gasteiger partial charge in [-0.15, -0.1) is 0 Å². The van der Waals surface area contributed by atoms with Crippen LogP contribution in [0, 0.1) is 0 Å². The molecule has 0 bridgehead atoms. The van der Waals surface area contributed by atoms with Gasteiger partial charge < -0.3 is 0 Å². The zero-order valence-corrected chi connectivity index (χ0v) is 11.3. The molecule has 0 aliphatic heterocycles. The van der Waals surface area contributed by atoms with Crippen LogP contribution in [-0.4, -0.2) is 22.7 Å². The Morgan fingerprint density at radius 2 is 2.07 bits per heavy atom. The van der Waals surface area contributed by atoms with Crippen molar-refractivity contribution in [3.63, 3.8) is 0 Å². The van der Waals surface area contributed by atoms with Crippen molar-refractivity contribution in [3.8, 4) is 0 Å². The van der Waals surface area contributed by atoms with E-state index in [1.165, 1.54) is 17.9 Å². The minimum atomic E-state index is 1.11. The Balaban J connectivity index is 1.99. The van der Waals surface area contributed by atoms with Gasteiger partial charge in [0.2, 0.25) is 0 Å². The van der Waals surface area contributed by atoms with E-state index in [1.807, 2.05) is 56.8 Å². The van der Waals surface area contributed by atoms with Gasteiger partial charge in [-0.25, -0.2) is 4.98 Å². The van der Waals surface area contributed by atoms with Crippen LogP contribution in [0.2, 0.25) is 0 Å². The fourth-order valence-corrected chi connectivity index (χ4v) is 4.19. The van der Waals surface area contributed by atoms with Crippen LogP contribution in [0.15, 0.2) is 29.4 Å². The van der Waals surface area contributed by atoms with Crippen LogP contribution < -0.4 is 0 Å². The lowest BCUT2D eigenvalue weighted by Crippen LogP contribution is -1.80. The molecule has 0 aliphatic rings. The molecule has 5 heteroatoms. The minimum Gasteiger partial charge on any atom is -0.249 e. The molecular formula is C9H13NS4. The summed E-state index contributed by atoms with van der Waals surface area (Å²) in [7, 11) is 7.43. The molecule has 0 aromatic carbocycles. The molecule has 1 rings (SSSR count). The molecule has 0 radical (unpaired) electrons. The molecule has 0 aliphatic carbocycles. The molecule has 0 unspecified atom stereocenters. The topological polar surface area (TPSA) is 12.9 Å². The predicted octanol–water partition coefficient (Wildman–Crippen LogP) is 4.22. The van der Waals surface area contributed by atoms with E-state index in [1.54, 1.807) is 10.8 Å². The van der Waals surface area contributed by atoms with E-state index in [2.05, 4.69) is 11.2 Å². The van der Waals surface area contributed by atoms with Crippen molar-refractivity contribution in [3.05, 3.63) is 24.4 Å². The molecule has 0 saturated heterocycles. The largest absolute Gasteiger partial charge is 0.249 e. The average Bonchev–Trinajstić information content (AvgIpc) is 2.25. The van der Waals surface area contributed by atoms with Gasteiger partial charge in [-0.3, -0.25) is 0 Å². The van der Waals surface area contributed by atoms with Crippen molar-refractivity contribution >= 4 is 43.2 Å². The second-order valence-electron chi connectivity index (χ2n) is 2.42. The van der Waals surface area contributed by atoms with E-state index in [9.17, 15) is 0 Å². The summed E-state index contributed by atoms with van der Waals surface area (Å²) in [6.07, 6.45) is 5.24. The van der Waals surface area contributed by atoms with Crippen molar-refractivity contribution in [1.82, 2.24) is 4.98 Å². The highest BCUT2D eigenvalue weighted by Crippen LogP contribution is 2.30. The van der Waals surface area contributed by atoms with Crippen LogP contribution in [0.5, 0.6) is 0 Å². The molecule has 0 fully saturated rings. The lowest BCUT2D eigenvalue weighted by Gasteiger charge is -1.99. The monoisotopic (exact) mass is 263 g/mol. The first-order valence-corrected chi connectivity index (χ1v) is 9.34. The fraction of sp³-hybridized carbons (Fsp3) is 0.444. The van der Waals surface area contributed by atoms with Gasteiger partial charge in [0.15, 0.2) is 0 Å². The van der Waals surface area contributed by atoms with Crippen LogP contribution in [0.25, 0.3) is 0 Å². The zero-order valence-electron chi connectivity index (χ0n) is 8.01. The predicted molar refractivity (Wildman–Crippen MR) is 73.1 cm³/mol. The molecule has 0 N–H and O–H groups in total. The fourth-order valence-electron chi connectivity index (χ4n) is 0.759. The molecule has 0 amide bonds. The number of nitrogens with zero attached hydrogens (tertiary/aromatic N) is 1. The smallest absolute Gasteiger partial charge is 0.106 e. The number of aromatic nitrogens is 1. The van der Waals surface area contributed by atoms with Crippen molar-refractivity contribution < 1.29 is 0 Å². The van der Waals surface area contributed by atoms with E-state index in [-0.39, 0.29) is 0 Å². The number of pyridine rings is 1. The summed E-state index contributed by atoms with van der Waals surface area (Å²) in [4.78, 5) is 4.25. The molecule has 0 spiro atoms. The summed E-state index contributed by atoms with van der Waals surface area (Å²) in [6.45, 7) is 0. The molecule has 1 nitrogen and oxygen atoms in total. The Labute approximate surface area is 101 Å². The zero-order chi connectivity index (χ0) is 10.1. The van der Waals surface area contributed by atoms with Gasteiger partial charge in [0.25, 0.3) is 0 Å². The van der Waals surface area contributed by atoms with Gasteiger partial charge in [-0.2, -0.15) is 0 Å². The minimum absolute atomic E-state index is 1.11. The Morgan fingerprint density at radius 3 is 2.79 bits per heavy atom.